The predicted molar refractivity (Wildman–Crippen MR) is 106 cm³/mol. The van der Waals surface area contributed by atoms with E-state index >= 15 is 0 Å². The van der Waals surface area contributed by atoms with Gasteiger partial charge in [-0.3, -0.25) is 4.79 Å². The SMILES string of the molecule is Cc1ccc(OC2CCN(C(=O)c3c(-c4ccccc4Cl)noc3C)C2)nc1. The van der Waals surface area contributed by atoms with Crippen molar-refractivity contribution in [3.05, 3.63) is 64.5 Å². The van der Waals surface area contributed by atoms with Crippen LogP contribution >= 0.6 is 11.6 Å². The molecule has 1 saturated heterocycles. The first-order valence-electron chi connectivity index (χ1n) is 9.12. The number of aryl methyl sites for hydroxylation is 2. The molecule has 144 valence electrons. The van der Waals surface area contributed by atoms with Crippen LogP contribution in [0.1, 0.15) is 28.1 Å². The van der Waals surface area contributed by atoms with Crippen molar-refractivity contribution >= 4 is 17.5 Å². The second-order valence-corrected chi connectivity index (χ2v) is 7.30. The first kappa shape index (κ1) is 18.5. The van der Waals surface area contributed by atoms with Crippen LogP contribution in [0.4, 0.5) is 0 Å². The Bertz CT molecular complexity index is 1000. The van der Waals surface area contributed by atoms with Crippen LogP contribution in [0.2, 0.25) is 5.02 Å². The van der Waals surface area contributed by atoms with Crippen LogP contribution in [0.3, 0.4) is 0 Å². The number of hydrogen-bond acceptors (Lipinski definition) is 5. The van der Waals surface area contributed by atoms with Gasteiger partial charge in [0.05, 0.1) is 11.6 Å². The maximum absolute atomic E-state index is 13.2. The van der Waals surface area contributed by atoms with Crippen molar-refractivity contribution in [2.24, 2.45) is 0 Å². The molecule has 0 radical (unpaired) electrons. The molecule has 3 heterocycles. The normalized spacial score (nSPS) is 16.4. The Labute approximate surface area is 168 Å². The number of rotatable bonds is 4. The Morgan fingerprint density at radius 2 is 2.07 bits per heavy atom. The van der Waals surface area contributed by atoms with E-state index in [2.05, 4.69) is 10.1 Å². The number of carbonyl (C=O) groups is 1. The number of hydrogen-bond donors (Lipinski definition) is 0. The fraction of sp³-hybridized carbons (Fsp3) is 0.286. The van der Waals surface area contributed by atoms with Crippen molar-refractivity contribution in [2.75, 3.05) is 13.1 Å². The number of amides is 1. The molecule has 6 nitrogen and oxygen atoms in total. The van der Waals surface area contributed by atoms with Crippen molar-refractivity contribution in [3.8, 4) is 17.1 Å². The molecule has 0 N–H and O–H groups in total. The molecule has 0 saturated carbocycles. The molecule has 1 aliphatic rings. The average Bonchev–Trinajstić information content (AvgIpc) is 3.30. The standard InChI is InChI=1S/C21H20ClN3O3/c1-13-7-8-18(23-11-13)27-15-9-10-25(12-15)21(26)19-14(2)28-24-20(19)16-5-3-4-6-17(16)22/h3-8,11,15H,9-10,12H2,1-2H3. The lowest BCUT2D eigenvalue weighted by molar-refractivity contribution is 0.0770. The molecule has 2 aromatic heterocycles. The van der Waals surface area contributed by atoms with E-state index in [1.807, 2.05) is 37.3 Å². The highest BCUT2D eigenvalue weighted by Gasteiger charge is 2.33. The second-order valence-electron chi connectivity index (χ2n) is 6.90. The maximum atomic E-state index is 13.2. The summed E-state index contributed by atoms with van der Waals surface area (Å²) in [6, 6.07) is 11.1. The van der Waals surface area contributed by atoms with Crippen LogP contribution in [0.5, 0.6) is 5.88 Å². The van der Waals surface area contributed by atoms with Crippen molar-refractivity contribution in [1.82, 2.24) is 15.0 Å². The fourth-order valence-electron chi connectivity index (χ4n) is 3.32. The number of pyridine rings is 1. The predicted octanol–water partition coefficient (Wildman–Crippen LogP) is 4.30. The van der Waals surface area contributed by atoms with Crippen molar-refractivity contribution in [1.29, 1.82) is 0 Å². The Hall–Kier alpha value is -2.86. The Morgan fingerprint density at radius 1 is 1.25 bits per heavy atom. The van der Waals surface area contributed by atoms with Gasteiger partial charge in [-0.25, -0.2) is 4.98 Å². The number of ether oxygens (including phenoxy) is 1. The molecule has 7 heteroatoms. The molecule has 1 atom stereocenters. The van der Waals surface area contributed by atoms with Gasteiger partial charge in [0.15, 0.2) is 0 Å². The molecule has 3 aromatic rings. The number of likely N-dealkylation sites (tertiary alicyclic amines) is 1. The number of benzene rings is 1. The summed E-state index contributed by atoms with van der Waals surface area (Å²) in [7, 11) is 0. The molecule has 1 unspecified atom stereocenters. The topological polar surface area (TPSA) is 68.5 Å². The van der Waals surface area contributed by atoms with E-state index < -0.39 is 0 Å². The minimum atomic E-state index is -0.128. The van der Waals surface area contributed by atoms with Gasteiger partial charge >= 0.3 is 0 Å². The van der Waals surface area contributed by atoms with Crippen LogP contribution in [-0.4, -0.2) is 40.1 Å². The molecule has 0 aliphatic carbocycles. The molecular weight excluding hydrogens is 378 g/mol. The first-order valence-corrected chi connectivity index (χ1v) is 9.50. The zero-order valence-corrected chi connectivity index (χ0v) is 16.4. The Kier molecular flexibility index (Phi) is 5.05. The van der Waals surface area contributed by atoms with Gasteiger partial charge in [0.2, 0.25) is 5.88 Å². The highest BCUT2D eigenvalue weighted by Crippen LogP contribution is 2.32. The largest absolute Gasteiger partial charge is 0.472 e. The summed E-state index contributed by atoms with van der Waals surface area (Å²) in [5.41, 5.74) is 2.67. The first-order chi connectivity index (χ1) is 13.5. The van der Waals surface area contributed by atoms with Crippen molar-refractivity contribution in [3.63, 3.8) is 0 Å². The third kappa shape index (κ3) is 3.60. The minimum Gasteiger partial charge on any atom is -0.472 e. The van der Waals surface area contributed by atoms with Gasteiger partial charge in [0.25, 0.3) is 5.91 Å². The van der Waals surface area contributed by atoms with Gasteiger partial charge in [0, 0.05) is 30.8 Å². The highest BCUT2D eigenvalue weighted by molar-refractivity contribution is 6.33. The van der Waals surface area contributed by atoms with E-state index in [1.165, 1.54) is 0 Å². The van der Waals surface area contributed by atoms with Gasteiger partial charge in [-0.1, -0.05) is 41.0 Å². The van der Waals surface area contributed by atoms with Gasteiger partial charge < -0.3 is 14.2 Å². The zero-order chi connectivity index (χ0) is 19.7. The monoisotopic (exact) mass is 397 g/mol. The summed E-state index contributed by atoms with van der Waals surface area (Å²) in [5.74, 6) is 0.920. The molecule has 28 heavy (non-hydrogen) atoms. The molecule has 0 bridgehead atoms. The van der Waals surface area contributed by atoms with Crippen molar-refractivity contribution in [2.45, 2.75) is 26.4 Å². The van der Waals surface area contributed by atoms with Gasteiger partial charge in [-0.05, 0) is 25.5 Å². The van der Waals surface area contributed by atoms with E-state index in [4.69, 9.17) is 20.9 Å². The summed E-state index contributed by atoms with van der Waals surface area (Å²) < 4.78 is 11.2. The molecule has 1 amide bonds. The number of carbonyl (C=O) groups excluding carboxylic acids is 1. The number of aromatic nitrogens is 2. The van der Waals surface area contributed by atoms with E-state index in [0.717, 1.165) is 12.0 Å². The summed E-state index contributed by atoms with van der Waals surface area (Å²) in [4.78, 5) is 19.2. The lowest BCUT2D eigenvalue weighted by Gasteiger charge is -2.17. The second kappa shape index (κ2) is 7.64. The smallest absolute Gasteiger partial charge is 0.259 e. The quantitative estimate of drug-likeness (QED) is 0.656. The van der Waals surface area contributed by atoms with E-state index in [9.17, 15) is 4.79 Å². The lowest BCUT2D eigenvalue weighted by atomic mass is 10.1. The van der Waals surface area contributed by atoms with Gasteiger partial charge in [0.1, 0.15) is 23.1 Å². The lowest BCUT2D eigenvalue weighted by Crippen LogP contribution is -2.31. The highest BCUT2D eigenvalue weighted by atomic mass is 35.5. The molecule has 4 rings (SSSR count). The summed E-state index contributed by atoms with van der Waals surface area (Å²) in [6.45, 7) is 4.80. The molecule has 1 fully saturated rings. The maximum Gasteiger partial charge on any atom is 0.259 e. The number of halogens is 1. The molecular formula is C21H20ClN3O3. The fourth-order valence-corrected chi connectivity index (χ4v) is 3.55. The van der Waals surface area contributed by atoms with Crippen LogP contribution in [0, 0.1) is 13.8 Å². The summed E-state index contributed by atoms with van der Waals surface area (Å²) in [5, 5.41) is 4.61. The molecule has 1 aliphatic heterocycles. The van der Waals surface area contributed by atoms with Crippen molar-refractivity contribution < 1.29 is 14.1 Å². The van der Waals surface area contributed by atoms with E-state index in [1.54, 1.807) is 24.1 Å². The van der Waals surface area contributed by atoms with Crippen LogP contribution in [-0.2, 0) is 0 Å². The average molecular weight is 398 g/mol. The Morgan fingerprint density at radius 3 is 2.82 bits per heavy atom. The third-order valence-electron chi connectivity index (χ3n) is 4.81. The summed E-state index contributed by atoms with van der Waals surface area (Å²) >= 11 is 6.30. The van der Waals surface area contributed by atoms with Crippen LogP contribution in [0.15, 0.2) is 47.1 Å². The third-order valence-corrected chi connectivity index (χ3v) is 5.14. The van der Waals surface area contributed by atoms with E-state index in [0.29, 0.717) is 46.6 Å². The summed E-state index contributed by atoms with van der Waals surface area (Å²) in [6.07, 6.45) is 2.42. The Balaban J connectivity index is 1.52. The number of nitrogens with zero attached hydrogens (tertiary/aromatic N) is 3. The van der Waals surface area contributed by atoms with Crippen LogP contribution < -0.4 is 4.74 Å². The van der Waals surface area contributed by atoms with Gasteiger partial charge in [-0.15, -0.1) is 0 Å². The van der Waals surface area contributed by atoms with Crippen LogP contribution in [0.25, 0.3) is 11.3 Å². The minimum absolute atomic E-state index is 0.0944. The zero-order valence-electron chi connectivity index (χ0n) is 15.7. The molecule has 1 aromatic carbocycles. The van der Waals surface area contributed by atoms with E-state index in [-0.39, 0.29) is 12.0 Å². The molecule has 0 spiro atoms. The van der Waals surface area contributed by atoms with Gasteiger partial charge in [-0.2, -0.15) is 0 Å².